The van der Waals surface area contributed by atoms with Gasteiger partial charge in [0.15, 0.2) is 0 Å². The first kappa shape index (κ1) is 15.6. The second kappa shape index (κ2) is 6.79. The third kappa shape index (κ3) is 3.66. The van der Waals surface area contributed by atoms with E-state index < -0.39 is 8.25 Å². The first-order valence-electron chi connectivity index (χ1n) is 5.89. The van der Waals surface area contributed by atoms with Gasteiger partial charge < -0.3 is 9.05 Å². The fourth-order valence-corrected chi connectivity index (χ4v) is 3.33. The lowest BCUT2D eigenvalue weighted by Crippen LogP contribution is -1.92. The van der Waals surface area contributed by atoms with Gasteiger partial charge in [0.25, 0.3) is 0 Å². The van der Waals surface area contributed by atoms with Crippen molar-refractivity contribution in [2.45, 2.75) is 13.8 Å². The van der Waals surface area contributed by atoms with Crippen molar-refractivity contribution in [3.8, 4) is 11.5 Å². The third-order valence-corrected chi connectivity index (χ3v) is 5.50. The van der Waals surface area contributed by atoms with Gasteiger partial charge in [-0.3, -0.25) is 0 Å². The Kier molecular flexibility index (Phi) is 5.30. The molecule has 0 heterocycles. The molecule has 0 unspecified atom stereocenters. The van der Waals surface area contributed by atoms with Crippen LogP contribution in [0.1, 0.15) is 11.1 Å². The molecule has 2 rings (SSSR count). The highest BCUT2D eigenvalue weighted by Crippen LogP contribution is 2.39. The predicted octanol–water partition coefficient (Wildman–Crippen LogP) is 5.68. The Hall–Kier alpha value is -0.770. The fraction of sp³-hybridized carbons (Fsp3) is 0.143. The molecule has 0 aliphatic carbocycles. The van der Waals surface area contributed by atoms with Gasteiger partial charge in [-0.1, -0.05) is 24.3 Å². The van der Waals surface area contributed by atoms with Crippen molar-refractivity contribution < 1.29 is 13.6 Å². The molecule has 106 valence electrons. The summed E-state index contributed by atoms with van der Waals surface area (Å²) in [6.45, 7) is 3.87. The quantitative estimate of drug-likeness (QED) is 0.598. The van der Waals surface area contributed by atoms with Gasteiger partial charge in [-0.25, -0.2) is 4.57 Å². The van der Waals surface area contributed by atoms with Crippen LogP contribution in [0, 0.1) is 13.8 Å². The maximum atomic E-state index is 12.0. The Morgan fingerprint density at radius 2 is 1.25 bits per heavy atom. The Bertz CT molecular complexity index is 603. The molecule has 0 aromatic heterocycles. The maximum absolute atomic E-state index is 12.0. The van der Waals surface area contributed by atoms with Crippen LogP contribution < -0.4 is 9.05 Å². The molecular weight excluding hydrogens is 407 g/mol. The van der Waals surface area contributed by atoms with E-state index >= 15 is 0 Å². The van der Waals surface area contributed by atoms with E-state index in [1.54, 1.807) is 12.1 Å². The number of hydrogen-bond donors (Lipinski definition) is 0. The maximum Gasteiger partial charge on any atom is 0.419 e. The molecule has 0 amide bonds. The first-order chi connectivity index (χ1) is 9.49. The van der Waals surface area contributed by atoms with Crippen molar-refractivity contribution in [1.29, 1.82) is 0 Å². The Morgan fingerprint density at radius 1 is 0.850 bits per heavy atom. The van der Waals surface area contributed by atoms with Crippen LogP contribution >= 0.6 is 40.1 Å². The summed E-state index contributed by atoms with van der Waals surface area (Å²) in [5.41, 5.74) is 2.02. The van der Waals surface area contributed by atoms with Crippen LogP contribution in [0.15, 0.2) is 45.3 Å². The Labute approximate surface area is 135 Å². The van der Waals surface area contributed by atoms with E-state index in [-0.39, 0.29) is 0 Å². The van der Waals surface area contributed by atoms with E-state index in [4.69, 9.17) is 9.05 Å². The molecular formula is C14H13Br2O3P. The highest BCUT2D eigenvalue weighted by molar-refractivity contribution is 9.11. The lowest BCUT2D eigenvalue weighted by Gasteiger charge is -2.12. The zero-order valence-electron chi connectivity index (χ0n) is 10.9. The summed E-state index contributed by atoms with van der Waals surface area (Å²) in [6.07, 6.45) is 0. The molecule has 0 atom stereocenters. The lowest BCUT2D eigenvalue weighted by atomic mass is 10.2. The first-order valence-corrected chi connectivity index (χ1v) is 8.70. The SMILES string of the molecule is Cc1cccc(O[PH](=O)Oc2cccc(C)c2Br)c1Br. The average Bonchev–Trinajstić information content (AvgIpc) is 2.40. The van der Waals surface area contributed by atoms with E-state index in [0.29, 0.717) is 11.5 Å². The molecule has 0 aliphatic rings. The summed E-state index contributed by atoms with van der Waals surface area (Å²) in [5, 5.41) is 0. The van der Waals surface area contributed by atoms with Crippen molar-refractivity contribution in [2.75, 3.05) is 0 Å². The summed E-state index contributed by atoms with van der Waals surface area (Å²) < 4.78 is 24.3. The van der Waals surface area contributed by atoms with Crippen molar-refractivity contribution in [3.63, 3.8) is 0 Å². The molecule has 6 heteroatoms. The highest BCUT2D eigenvalue weighted by atomic mass is 79.9. The number of benzene rings is 2. The molecule has 0 saturated heterocycles. The third-order valence-electron chi connectivity index (χ3n) is 2.70. The van der Waals surface area contributed by atoms with Crippen LogP contribution in [0.25, 0.3) is 0 Å². The summed E-state index contributed by atoms with van der Waals surface area (Å²) in [6, 6.07) is 11.0. The molecule has 0 radical (unpaired) electrons. The van der Waals surface area contributed by atoms with E-state index in [1.165, 1.54) is 0 Å². The van der Waals surface area contributed by atoms with Gasteiger partial charge in [-0.2, -0.15) is 0 Å². The van der Waals surface area contributed by atoms with Crippen LogP contribution in [-0.2, 0) is 4.57 Å². The van der Waals surface area contributed by atoms with Gasteiger partial charge in [0.1, 0.15) is 11.5 Å². The number of aryl methyl sites for hydroxylation is 2. The molecule has 20 heavy (non-hydrogen) atoms. The normalized spacial score (nSPS) is 10.7. The number of rotatable bonds is 4. The minimum Gasteiger partial charge on any atom is -0.417 e. The standard InChI is InChI=1S/C14H13Br2O3P/c1-9-5-3-7-11(13(9)15)18-20(17)19-12-8-4-6-10(2)14(12)16/h3-8,20H,1-2H3. The second-order valence-corrected chi connectivity index (χ2v) is 6.72. The smallest absolute Gasteiger partial charge is 0.417 e. The zero-order chi connectivity index (χ0) is 14.7. The summed E-state index contributed by atoms with van der Waals surface area (Å²) >= 11 is 6.82. The van der Waals surface area contributed by atoms with Gasteiger partial charge in [-0.15, -0.1) is 0 Å². The van der Waals surface area contributed by atoms with Gasteiger partial charge >= 0.3 is 8.25 Å². The van der Waals surface area contributed by atoms with Gasteiger partial charge in [0.2, 0.25) is 0 Å². The van der Waals surface area contributed by atoms with Crippen molar-refractivity contribution in [1.82, 2.24) is 0 Å². The highest BCUT2D eigenvalue weighted by Gasteiger charge is 2.11. The summed E-state index contributed by atoms with van der Waals surface area (Å²) in [5.74, 6) is 1.02. The van der Waals surface area contributed by atoms with Crippen molar-refractivity contribution >= 4 is 40.1 Å². The summed E-state index contributed by atoms with van der Waals surface area (Å²) in [4.78, 5) is 0. The monoisotopic (exact) mass is 418 g/mol. The molecule has 0 aliphatic heterocycles. The van der Waals surface area contributed by atoms with Gasteiger partial charge in [0, 0.05) is 0 Å². The largest absolute Gasteiger partial charge is 0.419 e. The molecule has 0 saturated carbocycles. The Morgan fingerprint density at radius 3 is 1.65 bits per heavy atom. The van der Waals surface area contributed by atoms with Gasteiger partial charge in [-0.05, 0) is 69.0 Å². The fourth-order valence-electron chi connectivity index (χ4n) is 1.60. The molecule has 0 bridgehead atoms. The van der Waals surface area contributed by atoms with E-state index in [1.807, 2.05) is 38.1 Å². The van der Waals surface area contributed by atoms with Crippen molar-refractivity contribution in [3.05, 3.63) is 56.5 Å². The second-order valence-electron chi connectivity index (χ2n) is 4.23. The molecule has 2 aromatic rings. The van der Waals surface area contributed by atoms with Gasteiger partial charge in [0.05, 0.1) is 8.95 Å². The minimum absolute atomic E-state index is 0.512. The Balaban J connectivity index is 2.13. The van der Waals surface area contributed by atoms with E-state index in [0.717, 1.165) is 20.1 Å². The predicted molar refractivity (Wildman–Crippen MR) is 88.0 cm³/mol. The molecule has 0 N–H and O–H groups in total. The van der Waals surface area contributed by atoms with Crippen molar-refractivity contribution in [2.24, 2.45) is 0 Å². The topological polar surface area (TPSA) is 35.5 Å². The molecule has 0 fully saturated rings. The van der Waals surface area contributed by atoms with E-state index in [2.05, 4.69) is 31.9 Å². The van der Waals surface area contributed by atoms with Crippen LogP contribution in [-0.4, -0.2) is 0 Å². The summed E-state index contributed by atoms with van der Waals surface area (Å²) in [7, 11) is -2.68. The van der Waals surface area contributed by atoms with Crippen LogP contribution in [0.2, 0.25) is 0 Å². The number of hydrogen-bond acceptors (Lipinski definition) is 3. The number of halogens is 2. The molecule has 0 spiro atoms. The van der Waals surface area contributed by atoms with Crippen LogP contribution in [0.3, 0.4) is 0 Å². The van der Waals surface area contributed by atoms with E-state index in [9.17, 15) is 4.57 Å². The van der Waals surface area contributed by atoms with Crippen LogP contribution in [0.4, 0.5) is 0 Å². The minimum atomic E-state index is -2.68. The zero-order valence-corrected chi connectivity index (χ0v) is 15.1. The average molecular weight is 420 g/mol. The molecule has 2 aromatic carbocycles. The van der Waals surface area contributed by atoms with Crippen LogP contribution in [0.5, 0.6) is 11.5 Å². The molecule has 3 nitrogen and oxygen atoms in total. The lowest BCUT2D eigenvalue weighted by molar-refractivity contribution is 0.413.